The molecule has 0 saturated heterocycles. The first-order chi connectivity index (χ1) is 13.3. The number of nitrogens with zero attached hydrogens (tertiary/aromatic N) is 1. The number of amides is 2. The van der Waals surface area contributed by atoms with Gasteiger partial charge in [0.2, 0.25) is 11.8 Å². The van der Waals surface area contributed by atoms with Gasteiger partial charge in [0.1, 0.15) is 17.7 Å². The van der Waals surface area contributed by atoms with Crippen molar-refractivity contribution in [2.24, 2.45) is 0 Å². The quantitative estimate of drug-likeness (QED) is 0.693. The van der Waals surface area contributed by atoms with E-state index in [2.05, 4.69) is 5.32 Å². The van der Waals surface area contributed by atoms with Gasteiger partial charge in [0.15, 0.2) is 0 Å². The Morgan fingerprint density at radius 2 is 1.86 bits per heavy atom. The van der Waals surface area contributed by atoms with Crippen LogP contribution >= 0.6 is 23.4 Å². The van der Waals surface area contributed by atoms with Crippen molar-refractivity contribution in [3.63, 3.8) is 0 Å². The number of benzene rings is 2. The molecule has 2 amide bonds. The van der Waals surface area contributed by atoms with Gasteiger partial charge in [-0.05, 0) is 36.8 Å². The summed E-state index contributed by atoms with van der Waals surface area (Å²) in [6, 6.07) is 9.47. The molecule has 28 heavy (non-hydrogen) atoms. The molecule has 0 spiro atoms. The predicted molar refractivity (Wildman–Crippen MR) is 108 cm³/mol. The van der Waals surface area contributed by atoms with E-state index in [4.69, 9.17) is 11.6 Å². The maximum absolute atomic E-state index is 13.9. The number of nitrogens with one attached hydrogen (secondary N) is 1. The summed E-state index contributed by atoms with van der Waals surface area (Å²) < 4.78 is 27.0. The van der Waals surface area contributed by atoms with Crippen molar-refractivity contribution in [3.8, 4) is 0 Å². The number of carbonyl (C=O) groups excluding carboxylic acids is 2. The van der Waals surface area contributed by atoms with Gasteiger partial charge < -0.3 is 10.2 Å². The monoisotopic (exact) mass is 426 g/mol. The first kappa shape index (κ1) is 22.2. The molecule has 0 aliphatic carbocycles. The highest BCUT2D eigenvalue weighted by Crippen LogP contribution is 2.24. The average Bonchev–Trinajstić information content (AvgIpc) is 2.68. The number of hydrogen-bond donors (Lipinski definition) is 1. The van der Waals surface area contributed by atoms with Crippen molar-refractivity contribution in [3.05, 3.63) is 70.2 Å². The SMILES string of the molecule is CNC(=O)[C@H](C)N(Cc1ccc(F)cc1)C(=O)CSCc1c(F)cccc1Cl. The van der Waals surface area contributed by atoms with E-state index in [1.54, 1.807) is 25.1 Å². The van der Waals surface area contributed by atoms with Crippen molar-refractivity contribution in [1.82, 2.24) is 10.2 Å². The summed E-state index contributed by atoms with van der Waals surface area (Å²) in [5, 5.41) is 2.83. The lowest BCUT2D eigenvalue weighted by Gasteiger charge is -2.28. The van der Waals surface area contributed by atoms with E-state index in [0.717, 1.165) is 0 Å². The molecular formula is C20H21ClF2N2O2S. The molecule has 4 nitrogen and oxygen atoms in total. The van der Waals surface area contributed by atoms with Crippen LogP contribution in [0.15, 0.2) is 42.5 Å². The summed E-state index contributed by atoms with van der Waals surface area (Å²) in [7, 11) is 1.49. The van der Waals surface area contributed by atoms with Crippen molar-refractivity contribution in [2.45, 2.75) is 25.3 Å². The van der Waals surface area contributed by atoms with Gasteiger partial charge in [-0.1, -0.05) is 29.8 Å². The zero-order chi connectivity index (χ0) is 20.7. The number of thioether (sulfide) groups is 1. The molecule has 2 rings (SSSR count). The lowest BCUT2D eigenvalue weighted by atomic mass is 10.1. The summed E-state index contributed by atoms with van der Waals surface area (Å²) in [6.07, 6.45) is 0. The topological polar surface area (TPSA) is 49.4 Å². The molecule has 2 aromatic rings. The molecule has 0 unspecified atom stereocenters. The fourth-order valence-corrected chi connectivity index (χ4v) is 3.82. The lowest BCUT2D eigenvalue weighted by Crippen LogP contribution is -2.47. The van der Waals surface area contributed by atoms with Crippen LogP contribution in [0.4, 0.5) is 8.78 Å². The van der Waals surface area contributed by atoms with Crippen molar-refractivity contribution in [1.29, 1.82) is 0 Å². The largest absolute Gasteiger partial charge is 0.357 e. The van der Waals surface area contributed by atoms with Crippen LogP contribution < -0.4 is 5.32 Å². The minimum Gasteiger partial charge on any atom is -0.357 e. The van der Waals surface area contributed by atoms with E-state index in [-0.39, 0.29) is 35.7 Å². The standard InChI is InChI=1S/C20H21ClF2N2O2S/c1-13(20(27)24-2)25(10-14-6-8-15(22)9-7-14)19(26)12-28-11-16-17(21)4-3-5-18(16)23/h3-9,13H,10-12H2,1-2H3,(H,24,27)/t13-/m0/s1. The molecule has 0 aliphatic rings. The van der Waals surface area contributed by atoms with Gasteiger partial charge in [-0.25, -0.2) is 8.78 Å². The van der Waals surface area contributed by atoms with E-state index in [1.165, 1.54) is 48.0 Å². The molecule has 1 atom stereocenters. The van der Waals surface area contributed by atoms with Gasteiger partial charge in [0.05, 0.1) is 5.75 Å². The molecule has 0 bridgehead atoms. The van der Waals surface area contributed by atoms with E-state index >= 15 is 0 Å². The van der Waals surface area contributed by atoms with Gasteiger partial charge in [0, 0.05) is 29.9 Å². The van der Waals surface area contributed by atoms with Gasteiger partial charge >= 0.3 is 0 Å². The van der Waals surface area contributed by atoms with Gasteiger partial charge in [-0.3, -0.25) is 9.59 Å². The Bertz CT molecular complexity index is 813. The Kier molecular flexibility index (Phi) is 8.26. The zero-order valence-corrected chi connectivity index (χ0v) is 17.1. The van der Waals surface area contributed by atoms with Gasteiger partial charge in [0.25, 0.3) is 0 Å². The summed E-state index contributed by atoms with van der Waals surface area (Å²) >= 11 is 7.22. The highest BCUT2D eigenvalue weighted by Gasteiger charge is 2.25. The molecule has 0 heterocycles. The fourth-order valence-electron chi connectivity index (χ4n) is 2.57. The molecule has 1 N–H and O–H groups in total. The Morgan fingerprint density at radius 3 is 2.46 bits per heavy atom. The molecule has 150 valence electrons. The van der Waals surface area contributed by atoms with Gasteiger partial charge in [-0.2, -0.15) is 0 Å². The molecule has 0 fully saturated rings. The third-order valence-electron chi connectivity index (χ3n) is 4.21. The van der Waals surface area contributed by atoms with Crippen LogP contribution in [0.3, 0.4) is 0 Å². The first-order valence-electron chi connectivity index (χ1n) is 8.59. The second kappa shape index (κ2) is 10.4. The molecular weight excluding hydrogens is 406 g/mol. The summed E-state index contributed by atoms with van der Waals surface area (Å²) in [5.74, 6) is -1.11. The molecule has 0 radical (unpaired) electrons. The zero-order valence-electron chi connectivity index (χ0n) is 15.5. The molecule has 0 aliphatic heterocycles. The normalized spacial score (nSPS) is 11.8. The van der Waals surface area contributed by atoms with Crippen LogP contribution in [-0.2, 0) is 21.9 Å². The molecule has 2 aromatic carbocycles. The van der Waals surface area contributed by atoms with Crippen LogP contribution in [0.5, 0.6) is 0 Å². The van der Waals surface area contributed by atoms with Gasteiger partial charge in [-0.15, -0.1) is 11.8 Å². The highest BCUT2D eigenvalue weighted by atomic mass is 35.5. The van der Waals surface area contributed by atoms with E-state index in [0.29, 0.717) is 16.1 Å². The maximum atomic E-state index is 13.9. The molecule has 0 saturated carbocycles. The second-order valence-electron chi connectivity index (χ2n) is 6.13. The number of carbonyl (C=O) groups is 2. The molecule has 0 aromatic heterocycles. The Labute approximate surface area is 172 Å². The van der Waals surface area contributed by atoms with Crippen LogP contribution in [0.2, 0.25) is 5.02 Å². The number of likely N-dealkylation sites (N-methyl/N-ethyl adjacent to an activating group) is 1. The average molecular weight is 427 g/mol. The van der Waals surface area contributed by atoms with Crippen LogP contribution in [0.1, 0.15) is 18.1 Å². The third kappa shape index (κ3) is 5.94. The number of hydrogen-bond acceptors (Lipinski definition) is 3. The van der Waals surface area contributed by atoms with E-state index < -0.39 is 11.9 Å². The number of rotatable bonds is 8. The van der Waals surface area contributed by atoms with Crippen LogP contribution in [0, 0.1) is 11.6 Å². The van der Waals surface area contributed by atoms with Crippen molar-refractivity contribution >= 4 is 35.2 Å². The summed E-state index contributed by atoms with van der Waals surface area (Å²) in [4.78, 5) is 26.2. The Morgan fingerprint density at radius 1 is 1.18 bits per heavy atom. The van der Waals surface area contributed by atoms with Crippen LogP contribution in [0.25, 0.3) is 0 Å². The van der Waals surface area contributed by atoms with Crippen molar-refractivity contribution < 1.29 is 18.4 Å². The minimum atomic E-state index is -0.708. The minimum absolute atomic E-state index is 0.0488. The lowest BCUT2D eigenvalue weighted by molar-refractivity contribution is -0.138. The third-order valence-corrected chi connectivity index (χ3v) is 5.51. The van der Waals surface area contributed by atoms with E-state index in [1.807, 2.05) is 0 Å². The van der Waals surface area contributed by atoms with Crippen LogP contribution in [-0.4, -0.2) is 35.6 Å². The summed E-state index contributed by atoms with van der Waals surface area (Å²) in [5.41, 5.74) is 1.04. The second-order valence-corrected chi connectivity index (χ2v) is 7.52. The predicted octanol–water partition coefficient (Wildman–Crippen LogP) is 4.01. The molecule has 8 heteroatoms. The van der Waals surface area contributed by atoms with Crippen molar-refractivity contribution in [2.75, 3.05) is 12.8 Å². The summed E-state index contributed by atoms with van der Waals surface area (Å²) in [6.45, 7) is 1.79. The smallest absolute Gasteiger partial charge is 0.242 e. The first-order valence-corrected chi connectivity index (χ1v) is 10.1. The van der Waals surface area contributed by atoms with E-state index in [9.17, 15) is 18.4 Å². The maximum Gasteiger partial charge on any atom is 0.242 e. The fraction of sp³-hybridized carbons (Fsp3) is 0.300. The Hall–Kier alpha value is -2.12. The Balaban J connectivity index is 2.07. The highest BCUT2D eigenvalue weighted by molar-refractivity contribution is 7.99. The number of halogens is 3.